The zero-order valence-corrected chi connectivity index (χ0v) is 24.2. The number of rotatable bonds is 6. The van der Waals surface area contributed by atoms with Gasteiger partial charge in [0.15, 0.2) is 4.80 Å². The molecule has 0 fully saturated rings. The Balaban J connectivity index is 1.67. The monoisotopic (exact) mass is 558 g/mol. The fourth-order valence-corrected chi connectivity index (χ4v) is 6.16. The van der Waals surface area contributed by atoms with Crippen LogP contribution < -0.4 is 19.8 Å². The highest BCUT2D eigenvalue weighted by atomic mass is 32.1. The van der Waals surface area contributed by atoms with E-state index in [1.54, 1.807) is 30.5 Å². The minimum Gasteiger partial charge on any atom is -0.463 e. The van der Waals surface area contributed by atoms with Gasteiger partial charge in [0.25, 0.3) is 5.56 Å². The summed E-state index contributed by atoms with van der Waals surface area (Å²) in [4.78, 5) is 34.3. The normalized spacial score (nSPS) is 15.2. The number of ether oxygens (including phenoxy) is 1. The summed E-state index contributed by atoms with van der Waals surface area (Å²) < 4.78 is 23.0. The van der Waals surface area contributed by atoms with Crippen molar-refractivity contribution in [3.63, 3.8) is 0 Å². The Morgan fingerprint density at radius 1 is 1.10 bits per heavy atom. The molecule has 0 amide bonds. The number of halogens is 1. The molecule has 0 spiro atoms. The predicted molar refractivity (Wildman–Crippen MR) is 156 cm³/mol. The summed E-state index contributed by atoms with van der Waals surface area (Å²) >= 11 is 1.29. The van der Waals surface area contributed by atoms with E-state index < -0.39 is 12.0 Å². The lowest BCUT2D eigenvalue weighted by atomic mass is 9.95. The second kappa shape index (κ2) is 10.7. The molecule has 9 heteroatoms. The first kappa shape index (κ1) is 27.3. The van der Waals surface area contributed by atoms with E-state index in [1.807, 2.05) is 73.8 Å². The van der Waals surface area contributed by atoms with E-state index in [2.05, 4.69) is 4.99 Å². The van der Waals surface area contributed by atoms with Gasteiger partial charge < -0.3 is 14.2 Å². The molecule has 4 aromatic rings. The van der Waals surface area contributed by atoms with Crippen LogP contribution in [0.4, 0.5) is 10.1 Å². The number of carbonyl (C=O) groups excluding carboxylic acids is 1. The number of fused-ring (bicyclic) bond motifs is 1. The fourth-order valence-electron chi connectivity index (χ4n) is 5.12. The van der Waals surface area contributed by atoms with Crippen LogP contribution in [-0.2, 0) is 9.53 Å². The van der Waals surface area contributed by atoms with Crippen molar-refractivity contribution >= 4 is 29.1 Å². The lowest BCUT2D eigenvalue weighted by Crippen LogP contribution is -2.40. The summed E-state index contributed by atoms with van der Waals surface area (Å²) in [6, 6.07) is 15.5. The van der Waals surface area contributed by atoms with Crippen molar-refractivity contribution in [1.29, 1.82) is 0 Å². The Bertz CT molecular complexity index is 1810. The number of esters is 1. The SMILES string of the molecule is CCOC(=O)C1=C(C)N=c2s/c(=C\c3cc(C)n(-c4ccc(F)cc4)c3C)c(=O)n2[C@H]1c1ccc(N(C)C)cc1. The first-order valence-electron chi connectivity index (χ1n) is 13.0. The average Bonchev–Trinajstić information content (AvgIpc) is 3.38. The third-order valence-electron chi connectivity index (χ3n) is 7.08. The van der Waals surface area contributed by atoms with Crippen molar-refractivity contribution in [2.24, 2.45) is 4.99 Å². The highest BCUT2D eigenvalue weighted by molar-refractivity contribution is 7.07. The van der Waals surface area contributed by atoms with Crippen molar-refractivity contribution in [3.05, 3.63) is 114 Å². The maximum Gasteiger partial charge on any atom is 0.338 e. The van der Waals surface area contributed by atoms with E-state index in [0.717, 1.165) is 33.9 Å². The number of hydrogen-bond donors (Lipinski definition) is 0. The third-order valence-corrected chi connectivity index (χ3v) is 8.07. The molecule has 0 bridgehead atoms. The molecule has 5 rings (SSSR count). The Morgan fingerprint density at radius 3 is 2.40 bits per heavy atom. The first-order valence-corrected chi connectivity index (χ1v) is 13.8. The largest absolute Gasteiger partial charge is 0.463 e. The molecule has 1 aliphatic heterocycles. The van der Waals surface area contributed by atoms with Crippen LogP contribution in [0.2, 0.25) is 0 Å². The van der Waals surface area contributed by atoms with E-state index in [4.69, 9.17) is 4.74 Å². The maximum atomic E-state index is 14.0. The van der Waals surface area contributed by atoms with E-state index in [-0.39, 0.29) is 18.0 Å². The highest BCUT2D eigenvalue weighted by Crippen LogP contribution is 2.31. The highest BCUT2D eigenvalue weighted by Gasteiger charge is 2.33. The van der Waals surface area contributed by atoms with Gasteiger partial charge in [0.05, 0.1) is 28.5 Å². The molecule has 0 N–H and O–H groups in total. The minimum atomic E-state index is -0.666. The number of thiazole rings is 1. The number of aromatic nitrogens is 2. The molecule has 1 atom stereocenters. The molecule has 1 aliphatic rings. The first-order chi connectivity index (χ1) is 19.1. The molecule has 7 nitrogen and oxygen atoms in total. The minimum absolute atomic E-state index is 0.218. The number of nitrogens with zero attached hydrogens (tertiary/aromatic N) is 4. The molecule has 0 saturated carbocycles. The average molecular weight is 559 g/mol. The van der Waals surface area contributed by atoms with Crippen LogP contribution >= 0.6 is 11.3 Å². The number of anilines is 1. The van der Waals surface area contributed by atoms with E-state index in [9.17, 15) is 14.0 Å². The van der Waals surface area contributed by atoms with Gasteiger partial charge in [-0.3, -0.25) is 9.36 Å². The van der Waals surface area contributed by atoms with E-state index in [1.165, 1.54) is 23.5 Å². The van der Waals surface area contributed by atoms with Gasteiger partial charge in [-0.2, -0.15) is 0 Å². The maximum absolute atomic E-state index is 14.0. The van der Waals surface area contributed by atoms with Gasteiger partial charge in [0, 0.05) is 36.9 Å². The van der Waals surface area contributed by atoms with Gasteiger partial charge in [0.1, 0.15) is 5.82 Å². The molecular weight excluding hydrogens is 527 g/mol. The van der Waals surface area contributed by atoms with Crippen molar-refractivity contribution in [3.8, 4) is 5.69 Å². The number of carbonyl (C=O) groups is 1. The van der Waals surface area contributed by atoms with Gasteiger partial charge in [-0.25, -0.2) is 14.2 Å². The van der Waals surface area contributed by atoms with Crippen LogP contribution in [0.15, 0.2) is 75.7 Å². The number of allylic oxidation sites excluding steroid dienone is 1. The quantitative estimate of drug-likeness (QED) is 0.329. The second-order valence-corrected chi connectivity index (χ2v) is 10.9. The topological polar surface area (TPSA) is 68.8 Å². The van der Waals surface area contributed by atoms with Gasteiger partial charge in [-0.1, -0.05) is 23.5 Å². The second-order valence-electron chi connectivity index (χ2n) is 9.93. The third kappa shape index (κ3) is 4.81. The smallest absolute Gasteiger partial charge is 0.338 e. The summed E-state index contributed by atoms with van der Waals surface area (Å²) in [7, 11) is 3.92. The van der Waals surface area contributed by atoms with E-state index >= 15 is 0 Å². The van der Waals surface area contributed by atoms with Crippen LogP contribution in [0, 0.1) is 19.7 Å². The zero-order chi connectivity index (χ0) is 28.7. The number of benzene rings is 2. The number of hydrogen-bond acceptors (Lipinski definition) is 6. The van der Waals surface area contributed by atoms with Crippen LogP contribution in [0.25, 0.3) is 11.8 Å². The molecule has 3 heterocycles. The Labute approximate surface area is 235 Å². The van der Waals surface area contributed by atoms with Crippen molar-refractivity contribution in [1.82, 2.24) is 9.13 Å². The standard InChI is InChI=1S/C31H31FN4O3S/c1-7-39-30(38)27-19(3)33-31-36(28(27)21-8-12-24(13-9-21)34(5)6)29(37)26(40-31)17-22-16-18(2)35(20(22)4)25-14-10-23(32)11-15-25/h8-17,28H,7H2,1-6H3/b26-17-/t28-/m0/s1. The molecule has 0 unspecified atom stereocenters. The fraction of sp³-hybridized carbons (Fsp3) is 0.258. The molecule has 2 aromatic heterocycles. The van der Waals surface area contributed by atoms with Crippen LogP contribution in [0.5, 0.6) is 0 Å². The van der Waals surface area contributed by atoms with E-state index in [0.29, 0.717) is 20.6 Å². The predicted octanol–water partition coefficient (Wildman–Crippen LogP) is 4.41. The number of aryl methyl sites for hydroxylation is 1. The molecule has 0 aliphatic carbocycles. The van der Waals surface area contributed by atoms with Crippen LogP contribution in [-0.4, -0.2) is 35.8 Å². The molecule has 0 saturated heterocycles. The Kier molecular flexibility index (Phi) is 7.33. The van der Waals surface area contributed by atoms with Crippen molar-refractivity contribution < 1.29 is 13.9 Å². The van der Waals surface area contributed by atoms with Crippen molar-refractivity contribution in [2.45, 2.75) is 33.7 Å². The summed E-state index contributed by atoms with van der Waals surface area (Å²) in [5, 5.41) is 0. The van der Waals surface area contributed by atoms with Gasteiger partial charge in [-0.15, -0.1) is 0 Å². The van der Waals surface area contributed by atoms with Crippen LogP contribution in [0.3, 0.4) is 0 Å². The lowest BCUT2D eigenvalue weighted by molar-refractivity contribution is -0.139. The molecule has 2 aromatic carbocycles. The summed E-state index contributed by atoms with van der Waals surface area (Å²) in [6.07, 6.45) is 1.86. The molecule has 206 valence electrons. The molecular formula is C31H31FN4O3S. The van der Waals surface area contributed by atoms with Gasteiger partial charge >= 0.3 is 5.97 Å². The Hall–Kier alpha value is -4.24. The van der Waals surface area contributed by atoms with Crippen molar-refractivity contribution in [2.75, 3.05) is 25.6 Å². The molecule has 40 heavy (non-hydrogen) atoms. The summed E-state index contributed by atoms with van der Waals surface area (Å²) in [5.74, 6) is -0.779. The Morgan fingerprint density at radius 2 is 1.77 bits per heavy atom. The van der Waals surface area contributed by atoms with Crippen LogP contribution in [0.1, 0.15) is 42.4 Å². The van der Waals surface area contributed by atoms with Gasteiger partial charge in [-0.05, 0) is 87.4 Å². The molecule has 0 radical (unpaired) electrons. The zero-order valence-electron chi connectivity index (χ0n) is 23.4. The van der Waals surface area contributed by atoms with Gasteiger partial charge in [0.2, 0.25) is 0 Å². The summed E-state index contributed by atoms with van der Waals surface area (Å²) in [6.45, 7) is 7.70. The lowest BCUT2D eigenvalue weighted by Gasteiger charge is -2.25. The summed E-state index contributed by atoms with van der Waals surface area (Å²) in [5.41, 5.74) is 6.06.